The molecule has 11 heteroatoms. The lowest BCUT2D eigenvalue weighted by molar-refractivity contribution is 0.0465. The molecule has 3 aromatic heterocycles. The van der Waals surface area contributed by atoms with Crippen LogP contribution in [-0.2, 0) is 16.0 Å². The minimum absolute atomic E-state index is 0.354. The number of carbonyl (C=O) groups is 1. The quantitative estimate of drug-likeness (QED) is 0.351. The van der Waals surface area contributed by atoms with Gasteiger partial charge in [0, 0.05) is 5.39 Å². The van der Waals surface area contributed by atoms with Crippen LogP contribution in [0, 0.1) is 6.92 Å². The number of amides is 1. The molecule has 1 amide bonds. The fraction of sp³-hybridized carbons (Fsp3) is 0.429. The summed E-state index contributed by atoms with van der Waals surface area (Å²) in [4.78, 5) is 25.9. The van der Waals surface area contributed by atoms with Crippen molar-refractivity contribution in [3.63, 3.8) is 0 Å². The number of rotatable bonds is 5. The lowest BCUT2D eigenvalue weighted by Crippen LogP contribution is -2.44. The molecule has 4 rings (SSSR count). The highest BCUT2D eigenvalue weighted by Gasteiger charge is 2.31. The maximum atomic E-state index is 12.2. The zero-order valence-electron chi connectivity index (χ0n) is 18.8. The topological polar surface area (TPSA) is 120 Å². The van der Waals surface area contributed by atoms with E-state index >= 15 is 0 Å². The van der Waals surface area contributed by atoms with Crippen molar-refractivity contribution < 1.29 is 14.1 Å². The van der Waals surface area contributed by atoms with Gasteiger partial charge in [0.2, 0.25) is 5.89 Å². The van der Waals surface area contributed by atoms with Crippen LogP contribution < -0.4 is 5.32 Å². The number of carbonyl (C=O) groups excluding carboxylic acids is 1. The number of ether oxygens (including phenoxy) is 1. The van der Waals surface area contributed by atoms with Gasteiger partial charge in [0.15, 0.2) is 16.6 Å². The number of nitrogens with one attached hydrogen (secondary N) is 1. The molecule has 0 aliphatic rings. The second kappa shape index (κ2) is 8.05. The normalized spacial score (nSPS) is 12.4. The van der Waals surface area contributed by atoms with E-state index in [1.165, 1.54) is 11.8 Å². The average molecular weight is 456 g/mol. The van der Waals surface area contributed by atoms with Gasteiger partial charge in [-0.3, -0.25) is 0 Å². The van der Waals surface area contributed by atoms with Gasteiger partial charge >= 0.3 is 6.09 Å². The first-order valence-electron chi connectivity index (χ1n) is 10.1. The number of hydrogen-bond acceptors (Lipinski definition) is 9. The van der Waals surface area contributed by atoms with Crippen LogP contribution >= 0.6 is 11.8 Å². The summed E-state index contributed by atoms with van der Waals surface area (Å²) >= 11 is 1.42. The summed E-state index contributed by atoms with van der Waals surface area (Å²) in [6, 6.07) is 7.81. The molecule has 0 atom stereocenters. The maximum Gasteiger partial charge on any atom is 0.408 e. The van der Waals surface area contributed by atoms with Gasteiger partial charge in [0.25, 0.3) is 0 Å². The van der Waals surface area contributed by atoms with Crippen LogP contribution in [0.15, 0.2) is 33.9 Å². The Hall–Kier alpha value is -3.21. The predicted octanol–water partition coefficient (Wildman–Crippen LogP) is 4.02. The van der Waals surface area contributed by atoms with Crippen LogP contribution in [0.1, 0.15) is 52.2 Å². The number of benzene rings is 1. The second-order valence-electron chi connectivity index (χ2n) is 8.86. The number of thioether (sulfide) groups is 1. The Morgan fingerprint density at radius 2 is 1.91 bits per heavy atom. The molecule has 32 heavy (non-hydrogen) atoms. The molecule has 0 saturated heterocycles. The first-order chi connectivity index (χ1) is 15.0. The minimum Gasteiger partial charge on any atom is -0.444 e. The Morgan fingerprint density at radius 1 is 1.16 bits per heavy atom. The number of aryl methyl sites for hydroxylation is 1. The highest BCUT2D eigenvalue weighted by molar-refractivity contribution is 7.98. The number of para-hydroxylation sites is 1. The zero-order chi connectivity index (χ0) is 23.1. The average Bonchev–Trinajstić information content (AvgIpc) is 3.31. The molecule has 3 heterocycles. The SMILES string of the molecule is Cc1nc2c3ccccc3nc(SCc3nc(C(C)(C)NC(=O)OC(C)(C)C)no3)n2n1. The third kappa shape index (κ3) is 4.67. The first kappa shape index (κ1) is 22.0. The smallest absolute Gasteiger partial charge is 0.408 e. The molecule has 4 aromatic rings. The van der Waals surface area contributed by atoms with Crippen molar-refractivity contribution in [2.45, 2.75) is 63.6 Å². The van der Waals surface area contributed by atoms with Crippen LogP contribution in [0.25, 0.3) is 16.6 Å². The summed E-state index contributed by atoms with van der Waals surface area (Å²) in [6.07, 6.45) is -0.549. The molecule has 10 nitrogen and oxygen atoms in total. The summed E-state index contributed by atoms with van der Waals surface area (Å²) < 4.78 is 12.5. The van der Waals surface area contributed by atoms with E-state index in [1.54, 1.807) is 39.1 Å². The van der Waals surface area contributed by atoms with E-state index in [0.717, 1.165) is 16.6 Å². The number of aromatic nitrogens is 6. The van der Waals surface area contributed by atoms with Crippen molar-refractivity contribution in [3.05, 3.63) is 41.8 Å². The van der Waals surface area contributed by atoms with Gasteiger partial charge in [-0.25, -0.2) is 14.8 Å². The third-order valence-corrected chi connectivity index (χ3v) is 5.33. The second-order valence-corrected chi connectivity index (χ2v) is 9.80. The van der Waals surface area contributed by atoms with Gasteiger partial charge in [-0.1, -0.05) is 29.1 Å². The van der Waals surface area contributed by atoms with Crippen molar-refractivity contribution in [1.82, 2.24) is 35.0 Å². The van der Waals surface area contributed by atoms with E-state index in [-0.39, 0.29) is 0 Å². The van der Waals surface area contributed by atoms with Crippen molar-refractivity contribution in [2.75, 3.05) is 0 Å². The maximum absolute atomic E-state index is 12.2. The molecule has 0 fully saturated rings. The number of hydrogen-bond donors (Lipinski definition) is 1. The van der Waals surface area contributed by atoms with Gasteiger partial charge in [-0.2, -0.15) is 9.50 Å². The molecule has 1 N–H and O–H groups in total. The molecule has 168 valence electrons. The summed E-state index contributed by atoms with van der Waals surface area (Å²) in [5.74, 6) is 1.81. The molecule has 1 aromatic carbocycles. The Morgan fingerprint density at radius 3 is 2.66 bits per heavy atom. The number of alkyl carbamates (subject to hydrolysis) is 1. The first-order valence-corrected chi connectivity index (χ1v) is 11.1. The Labute approximate surface area is 189 Å². The van der Waals surface area contributed by atoms with Gasteiger partial charge in [0.05, 0.1) is 11.3 Å². The molecule has 0 saturated carbocycles. The van der Waals surface area contributed by atoms with Crippen LogP contribution in [0.5, 0.6) is 0 Å². The van der Waals surface area contributed by atoms with E-state index < -0.39 is 17.2 Å². The highest BCUT2D eigenvalue weighted by Crippen LogP contribution is 2.27. The van der Waals surface area contributed by atoms with E-state index in [9.17, 15) is 4.79 Å². The number of fused-ring (bicyclic) bond motifs is 3. The molecule has 0 unspecified atom stereocenters. The van der Waals surface area contributed by atoms with E-state index in [2.05, 4.69) is 25.5 Å². The van der Waals surface area contributed by atoms with Crippen LogP contribution in [-0.4, -0.2) is 41.4 Å². The monoisotopic (exact) mass is 455 g/mol. The molecular weight excluding hydrogens is 430 g/mol. The summed E-state index contributed by atoms with van der Waals surface area (Å²) in [7, 11) is 0. The predicted molar refractivity (Wildman–Crippen MR) is 119 cm³/mol. The van der Waals surface area contributed by atoms with Crippen LogP contribution in [0.3, 0.4) is 0 Å². The molecule has 0 spiro atoms. The zero-order valence-corrected chi connectivity index (χ0v) is 19.6. The van der Waals surface area contributed by atoms with Gasteiger partial charge in [-0.15, -0.1) is 5.10 Å². The third-order valence-electron chi connectivity index (χ3n) is 4.42. The minimum atomic E-state index is -0.869. The summed E-state index contributed by atoms with van der Waals surface area (Å²) in [5.41, 5.74) is 0.122. The molecular formula is C21H25N7O3S. The Balaban J connectivity index is 1.52. The molecule has 0 bridgehead atoms. The standard InChI is InChI=1S/C21H25N7O3S/c1-12-22-16-13-9-7-8-10-14(13)23-18(28(16)26-12)32-11-15-24-17(27-31-15)21(5,6)25-19(29)30-20(2,3)4/h7-10H,11H2,1-6H3,(H,25,29). The van der Waals surface area contributed by atoms with E-state index in [0.29, 0.717) is 28.4 Å². The largest absolute Gasteiger partial charge is 0.444 e. The fourth-order valence-electron chi connectivity index (χ4n) is 3.04. The molecule has 0 radical (unpaired) electrons. The van der Waals surface area contributed by atoms with Crippen molar-refractivity contribution in [2.24, 2.45) is 0 Å². The van der Waals surface area contributed by atoms with Crippen molar-refractivity contribution >= 4 is 34.4 Å². The van der Waals surface area contributed by atoms with Gasteiger partial charge < -0.3 is 14.6 Å². The molecule has 0 aliphatic carbocycles. The van der Waals surface area contributed by atoms with E-state index in [1.807, 2.05) is 31.2 Å². The van der Waals surface area contributed by atoms with Crippen LogP contribution in [0.2, 0.25) is 0 Å². The molecule has 0 aliphatic heterocycles. The Bertz CT molecular complexity index is 1290. The van der Waals surface area contributed by atoms with Crippen LogP contribution in [0.4, 0.5) is 4.79 Å². The lowest BCUT2D eigenvalue weighted by Gasteiger charge is -2.26. The number of nitrogens with zero attached hydrogens (tertiary/aromatic N) is 6. The van der Waals surface area contributed by atoms with Gasteiger partial charge in [-0.05, 0) is 53.7 Å². The fourth-order valence-corrected chi connectivity index (χ4v) is 3.82. The van der Waals surface area contributed by atoms with Crippen molar-refractivity contribution in [3.8, 4) is 0 Å². The van der Waals surface area contributed by atoms with Crippen molar-refractivity contribution in [1.29, 1.82) is 0 Å². The Kier molecular flexibility index (Phi) is 5.53. The van der Waals surface area contributed by atoms with Gasteiger partial charge in [0.1, 0.15) is 17.0 Å². The highest BCUT2D eigenvalue weighted by atomic mass is 32.2. The lowest BCUT2D eigenvalue weighted by atomic mass is 10.1. The summed E-state index contributed by atoms with van der Waals surface area (Å²) in [5, 5.41) is 12.9. The summed E-state index contributed by atoms with van der Waals surface area (Å²) in [6.45, 7) is 10.8. The van der Waals surface area contributed by atoms with E-state index in [4.69, 9.17) is 14.2 Å².